The molecule has 0 aliphatic rings. The van der Waals surface area contributed by atoms with Crippen LogP contribution in [0.25, 0.3) is 0 Å². The van der Waals surface area contributed by atoms with Crippen LogP contribution >= 0.6 is 0 Å². The van der Waals surface area contributed by atoms with Crippen molar-refractivity contribution in [2.45, 2.75) is 0 Å². The average molecular weight is 226 g/mol. The first-order valence-electron chi connectivity index (χ1n) is 2.69. The molecule has 1 aromatic rings. The monoisotopic (exact) mass is 227 g/mol. The van der Waals surface area contributed by atoms with Gasteiger partial charge in [0, 0.05) is 0 Å². The summed E-state index contributed by atoms with van der Waals surface area (Å²) < 4.78 is 6.34. The molecule has 0 spiro atoms. The summed E-state index contributed by atoms with van der Waals surface area (Å²) in [7, 11) is 1.70. The molecule has 1 rings (SSSR count). The first-order valence-corrected chi connectivity index (χ1v) is 4.12. The number of para-hydroxylation sites is 1. The number of hydrogen-bond donors (Lipinski definition) is 0. The fourth-order valence-corrected chi connectivity index (χ4v) is 1.45. The van der Waals surface area contributed by atoms with Gasteiger partial charge in [-0.05, 0) is 0 Å². The molecule has 0 saturated carbocycles. The van der Waals surface area contributed by atoms with Crippen LogP contribution in [0.15, 0.2) is 24.3 Å². The standard InChI is InChI=1S/C7H7O.Sn/c1-8-7-5-3-2-4-6-7;/h2-5H,1H3;. The molecule has 1 aromatic carbocycles. The third kappa shape index (κ3) is 1.61. The zero-order chi connectivity index (χ0) is 6.69. The fourth-order valence-electron chi connectivity index (χ4n) is 0.645. The number of ether oxygens (including phenoxy) is 1. The SMILES string of the molecule is COc1cccc[c]1[Sn]. The number of methoxy groups -OCH3 is 1. The summed E-state index contributed by atoms with van der Waals surface area (Å²) in [6, 6.07) is 8.04. The molecule has 0 bridgehead atoms. The molecule has 0 aromatic heterocycles. The van der Waals surface area contributed by atoms with Crippen molar-refractivity contribution in [3.05, 3.63) is 24.3 Å². The van der Waals surface area contributed by atoms with Crippen LogP contribution in [-0.2, 0) is 0 Å². The van der Waals surface area contributed by atoms with Gasteiger partial charge < -0.3 is 0 Å². The Kier molecular flexibility index (Phi) is 2.39. The summed E-state index contributed by atoms with van der Waals surface area (Å²) in [5.74, 6) is 0.996. The van der Waals surface area contributed by atoms with Gasteiger partial charge in [-0.1, -0.05) is 0 Å². The van der Waals surface area contributed by atoms with Gasteiger partial charge in [-0.25, -0.2) is 0 Å². The van der Waals surface area contributed by atoms with E-state index in [4.69, 9.17) is 4.74 Å². The normalized spacial score (nSPS) is 9.11. The third-order valence-corrected chi connectivity index (χ3v) is 2.29. The molecule has 0 unspecified atom stereocenters. The zero-order valence-corrected chi connectivity index (χ0v) is 8.07. The fraction of sp³-hybridized carbons (Fsp3) is 0.143. The van der Waals surface area contributed by atoms with Gasteiger partial charge in [-0.15, -0.1) is 0 Å². The summed E-state index contributed by atoms with van der Waals surface area (Å²) in [5.41, 5.74) is 0. The minimum atomic E-state index is 0.996. The molecule has 3 radical (unpaired) electrons. The van der Waals surface area contributed by atoms with Crippen molar-refractivity contribution in [2.75, 3.05) is 7.11 Å². The van der Waals surface area contributed by atoms with Crippen LogP contribution in [0.1, 0.15) is 0 Å². The van der Waals surface area contributed by atoms with E-state index in [1.54, 1.807) is 7.11 Å². The summed E-state index contributed by atoms with van der Waals surface area (Å²) in [6.45, 7) is 0. The quantitative estimate of drug-likeness (QED) is 0.633. The molecule has 0 N–H and O–H groups in total. The second-order valence-corrected chi connectivity index (χ2v) is 3.24. The van der Waals surface area contributed by atoms with Gasteiger partial charge in [0.25, 0.3) is 0 Å². The Hall–Kier alpha value is -0.181. The van der Waals surface area contributed by atoms with Crippen molar-refractivity contribution in [3.63, 3.8) is 0 Å². The molecule has 0 amide bonds. The van der Waals surface area contributed by atoms with Crippen molar-refractivity contribution in [2.24, 2.45) is 0 Å². The molecule has 2 heteroatoms. The molecule has 45 valence electrons. The zero-order valence-electron chi connectivity index (χ0n) is 5.22. The molecule has 0 saturated heterocycles. The van der Waals surface area contributed by atoms with Crippen molar-refractivity contribution in [3.8, 4) is 5.75 Å². The summed E-state index contributed by atoms with van der Waals surface area (Å²) >= 11 is 1.40. The van der Waals surface area contributed by atoms with E-state index in [9.17, 15) is 0 Å². The number of rotatable bonds is 1. The number of benzene rings is 1. The minimum absolute atomic E-state index is 0.996. The Bertz CT molecular complexity index is 198. The van der Waals surface area contributed by atoms with Crippen LogP contribution in [-0.4, -0.2) is 29.6 Å². The molecule has 0 aliphatic carbocycles. The summed E-state index contributed by atoms with van der Waals surface area (Å²) in [5, 5.41) is 0. The molecule has 0 fully saturated rings. The Morgan fingerprint density at radius 1 is 1.33 bits per heavy atom. The average Bonchev–Trinajstić information content (AvgIpc) is 1.89. The topological polar surface area (TPSA) is 9.23 Å². The van der Waals surface area contributed by atoms with E-state index >= 15 is 0 Å². The van der Waals surface area contributed by atoms with Gasteiger partial charge in [0.05, 0.1) is 0 Å². The van der Waals surface area contributed by atoms with Crippen LogP contribution in [0.3, 0.4) is 0 Å². The molecule has 0 aliphatic heterocycles. The van der Waals surface area contributed by atoms with Crippen LogP contribution in [0, 0.1) is 0 Å². The van der Waals surface area contributed by atoms with E-state index in [2.05, 4.69) is 6.07 Å². The van der Waals surface area contributed by atoms with Crippen molar-refractivity contribution < 1.29 is 4.74 Å². The maximum atomic E-state index is 5.07. The van der Waals surface area contributed by atoms with E-state index in [0.29, 0.717) is 0 Å². The van der Waals surface area contributed by atoms with Gasteiger partial charge in [0.15, 0.2) is 0 Å². The second-order valence-electron chi connectivity index (χ2n) is 1.70. The van der Waals surface area contributed by atoms with E-state index in [0.717, 1.165) is 5.75 Å². The van der Waals surface area contributed by atoms with Crippen molar-refractivity contribution >= 4 is 26.1 Å². The molecule has 9 heavy (non-hydrogen) atoms. The van der Waals surface area contributed by atoms with E-state index in [1.165, 1.54) is 26.1 Å². The van der Waals surface area contributed by atoms with E-state index in [-0.39, 0.29) is 0 Å². The van der Waals surface area contributed by atoms with E-state index < -0.39 is 0 Å². The molecule has 1 nitrogen and oxygen atoms in total. The van der Waals surface area contributed by atoms with E-state index in [1.807, 2.05) is 18.2 Å². The first-order chi connectivity index (χ1) is 4.34. The van der Waals surface area contributed by atoms with Gasteiger partial charge in [0.1, 0.15) is 0 Å². The predicted molar refractivity (Wildman–Crippen MR) is 38.4 cm³/mol. The predicted octanol–water partition coefficient (Wildman–Crippen LogP) is 0.489. The summed E-state index contributed by atoms with van der Waals surface area (Å²) in [6.07, 6.45) is 0. The van der Waals surface area contributed by atoms with Crippen molar-refractivity contribution in [1.82, 2.24) is 0 Å². The Morgan fingerprint density at radius 3 is 2.44 bits per heavy atom. The van der Waals surface area contributed by atoms with Crippen molar-refractivity contribution in [1.29, 1.82) is 0 Å². The molecular weight excluding hydrogens is 219 g/mol. The van der Waals surface area contributed by atoms with Gasteiger partial charge >= 0.3 is 68.0 Å². The van der Waals surface area contributed by atoms with Gasteiger partial charge in [0.2, 0.25) is 0 Å². The Morgan fingerprint density at radius 2 is 2.00 bits per heavy atom. The van der Waals surface area contributed by atoms with Crippen LogP contribution < -0.4 is 8.32 Å². The Labute approximate surface area is 68.1 Å². The second kappa shape index (κ2) is 3.11. The molecular formula is C7H7OSn. The number of hydrogen-bond acceptors (Lipinski definition) is 1. The van der Waals surface area contributed by atoms with Crippen LogP contribution in [0.2, 0.25) is 0 Å². The van der Waals surface area contributed by atoms with Gasteiger partial charge in [-0.2, -0.15) is 0 Å². The molecule has 0 atom stereocenters. The van der Waals surface area contributed by atoms with Gasteiger partial charge in [-0.3, -0.25) is 0 Å². The third-order valence-electron chi connectivity index (χ3n) is 1.11. The molecule has 0 heterocycles. The van der Waals surface area contributed by atoms with Crippen LogP contribution in [0.4, 0.5) is 0 Å². The maximum absolute atomic E-state index is 5.07. The Balaban J connectivity index is 3.01. The first kappa shape index (κ1) is 6.93. The van der Waals surface area contributed by atoms with Crippen LogP contribution in [0.5, 0.6) is 5.75 Å². The summed E-state index contributed by atoms with van der Waals surface area (Å²) in [4.78, 5) is 0.